The van der Waals surface area contributed by atoms with Gasteiger partial charge in [0.25, 0.3) is 0 Å². The van der Waals surface area contributed by atoms with Crippen LogP contribution in [0.4, 0.5) is 14.5 Å². The summed E-state index contributed by atoms with van der Waals surface area (Å²) in [5, 5.41) is 12.2. The molecule has 0 aliphatic carbocycles. The molecule has 2 aromatic heterocycles. The van der Waals surface area contributed by atoms with Crippen LogP contribution < -0.4 is 14.2 Å². The van der Waals surface area contributed by atoms with Crippen LogP contribution in [0, 0.1) is 11.6 Å². The highest BCUT2D eigenvalue weighted by Crippen LogP contribution is 2.36. The van der Waals surface area contributed by atoms with E-state index in [0.29, 0.717) is 23.0 Å². The first kappa shape index (κ1) is 21.4. The van der Waals surface area contributed by atoms with Crippen molar-refractivity contribution in [2.24, 2.45) is 0 Å². The van der Waals surface area contributed by atoms with E-state index in [2.05, 4.69) is 20.0 Å². The number of hydrogen-bond acceptors (Lipinski definition) is 7. The Hall–Kier alpha value is -3.80. The normalized spacial score (nSPS) is 11.5. The van der Waals surface area contributed by atoms with Crippen molar-refractivity contribution in [3.05, 3.63) is 60.2 Å². The number of fused-ring (bicyclic) bond motifs is 1. The molecule has 0 aliphatic rings. The smallest absolute Gasteiger partial charge is 0.338 e. The zero-order chi connectivity index (χ0) is 22.9. The van der Waals surface area contributed by atoms with Crippen LogP contribution in [0.1, 0.15) is 6.92 Å². The summed E-state index contributed by atoms with van der Waals surface area (Å²) in [6, 6.07) is 10.7. The number of benzene rings is 2. The van der Waals surface area contributed by atoms with E-state index in [1.54, 1.807) is 12.1 Å². The molecule has 4 aromatic rings. The van der Waals surface area contributed by atoms with Crippen molar-refractivity contribution in [1.29, 1.82) is 0 Å². The molecule has 0 radical (unpaired) electrons. The Morgan fingerprint density at radius 3 is 2.53 bits per heavy atom. The monoisotopic (exact) mass is 461 g/mol. The molecule has 0 aliphatic heterocycles. The Balaban J connectivity index is 1.84. The van der Waals surface area contributed by atoms with Crippen LogP contribution in [0.3, 0.4) is 0 Å². The van der Waals surface area contributed by atoms with Gasteiger partial charge in [0.1, 0.15) is 11.6 Å². The SMILES string of the molecule is CCS(=O)(=O)Nc1ccc(Oc2ccc(F)cc2F)c(-c2ccc3nnc(OC)n3n2)c1. The first-order chi connectivity index (χ1) is 15.3. The van der Waals surface area contributed by atoms with Gasteiger partial charge in [0, 0.05) is 17.3 Å². The van der Waals surface area contributed by atoms with E-state index in [1.807, 2.05) is 0 Å². The fourth-order valence-electron chi connectivity index (χ4n) is 2.85. The van der Waals surface area contributed by atoms with Gasteiger partial charge in [0.15, 0.2) is 17.2 Å². The van der Waals surface area contributed by atoms with E-state index >= 15 is 0 Å². The lowest BCUT2D eigenvalue weighted by Gasteiger charge is -2.14. The highest BCUT2D eigenvalue weighted by atomic mass is 32.2. The third kappa shape index (κ3) is 4.30. The highest BCUT2D eigenvalue weighted by molar-refractivity contribution is 7.92. The number of hydrogen-bond donors (Lipinski definition) is 1. The fourth-order valence-corrected chi connectivity index (χ4v) is 3.48. The van der Waals surface area contributed by atoms with Crippen LogP contribution in [0.2, 0.25) is 0 Å². The minimum atomic E-state index is -3.55. The van der Waals surface area contributed by atoms with Gasteiger partial charge in [-0.1, -0.05) is 5.10 Å². The number of halogens is 2. The van der Waals surface area contributed by atoms with Crippen molar-refractivity contribution in [3.63, 3.8) is 0 Å². The molecular formula is C20H17F2N5O4S. The lowest BCUT2D eigenvalue weighted by Crippen LogP contribution is -2.14. The molecule has 0 fully saturated rings. The number of rotatable bonds is 7. The van der Waals surface area contributed by atoms with Crippen molar-refractivity contribution in [3.8, 4) is 28.8 Å². The minimum Gasteiger partial charge on any atom is -0.466 e. The van der Waals surface area contributed by atoms with E-state index in [9.17, 15) is 17.2 Å². The standard InChI is InChI=1S/C20H17F2N5O4S/c1-3-32(28,29)26-13-5-8-17(31-18-7-4-12(21)10-15(18)22)14(11-13)16-6-9-19-23-24-20(30-2)27(19)25-16/h4-11,26H,3H2,1-2H3. The van der Waals surface area contributed by atoms with Crippen LogP contribution in [0.5, 0.6) is 17.5 Å². The molecule has 2 heterocycles. The molecule has 0 unspecified atom stereocenters. The molecule has 0 saturated heterocycles. The zero-order valence-electron chi connectivity index (χ0n) is 16.9. The van der Waals surface area contributed by atoms with Crippen molar-refractivity contribution in [2.75, 3.05) is 17.6 Å². The van der Waals surface area contributed by atoms with E-state index in [1.165, 1.54) is 36.7 Å². The van der Waals surface area contributed by atoms with Gasteiger partial charge in [-0.3, -0.25) is 4.72 Å². The fraction of sp³-hybridized carbons (Fsp3) is 0.150. The largest absolute Gasteiger partial charge is 0.466 e. The summed E-state index contributed by atoms with van der Waals surface area (Å²) < 4.78 is 66.1. The van der Waals surface area contributed by atoms with Crippen LogP contribution in [0.25, 0.3) is 16.9 Å². The molecule has 0 saturated carbocycles. The van der Waals surface area contributed by atoms with Crippen molar-refractivity contribution in [1.82, 2.24) is 19.8 Å². The van der Waals surface area contributed by atoms with Crippen LogP contribution >= 0.6 is 0 Å². The Morgan fingerprint density at radius 1 is 1.03 bits per heavy atom. The molecule has 0 bridgehead atoms. The molecule has 0 amide bonds. The highest BCUT2D eigenvalue weighted by Gasteiger charge is 2.17. The van der Waals surface area contributed by atoms with Gasteiger partial charge >= 0.3 is 6.01 Å². The first-order valence-corrected chi connectivity index (χ1v) is 11.0. The Kier molecular flexibility index (Phi) is 5.61. The maximum atomic E-state index is 14.2. The summed E-state index contributed by atoms with van der Waals surface area (Å²) in [7, 11) is -2.14. The summed E-state index contributed by atoms with van der Waals surface area (Å²) in [4.78, 5) is 0. The predicted octanol–water partition coefficient (Wildman–Crippen LogP) is 3.63. The molecular weight excluding hydrogens is 444 g/mol. The Bertz CT molecular complexity index is 1410. The first-order valence-electron chi connectivity index (χ1n) is 9.34. The molecule has 9 nitrogen and oxygen atoms in total. The number of anilines is 1. The number of aromatic nitrogens is 4. The van der Waals surface area contributed by atoms with Crippen LogP contribution in [0.15, 0.2) is 48.5 Å². The topological polar surface area (TPSA) is 108 Å². The molecule has 0 atom stereocenters. The van der Waals surface area contributed by atoms with Crippen molar-refractivity contribution in [2.45, 2.75) is 6.92 Å². The third-order valence-corrected chi connectivity index (χ3v) is 5.75. The number of nitrogens with zero attached hydrogens (tertiary/aromatic N) is 4. The van der Waals surface area contributed by atoms with E-state index in [4.69, 9.17) is 9.47 Å². The summed E-state index contributed by atoms with van der Waals surface area (Å²) in [6.45, 7) is 1.51. The molecule has 32 heavy (non-hydrogen) atoms. The number of methoxy groups -OCH3 is 1. The molecule has 1 N–H and O–H groups in total. The summed E-state index contributed by atoms with van der Waals surface area (Å²) in [5.74, 6) is -1.81. The van der Waals surface area contributed by atoms with E-state index < -0.39 is 21.7 Å². The van der Waals surface area contributed by atoms with Crippen LogP contribution in [-0.4, -0.2) is 41.1 Å². The molecule has 2 aromatic carbocycles. The third-order valence-electron chi connectivity index (χ3n) is 4.44. The van der Waals surface area contributed by atoms with Gasteiger partial charge in [0.05, 0.1) is 18.6 Å². The van der Waals surface area contributed by atoms with Crippen LogP contribution in [-0.2, 0) is 10.0 Å². The lowest BCUT2D eigenvalue weighted by atomic mass is 10.1. The predicted molar refractivity (Wildman–Crippen MR) is 112 cm³/mol. The lowest BCUT2D eigenvalue weighted by molar-refractivity contribution is 0.369. The van der Waals surface area contributed by atoms with Gasteiger partial charge in [-0.2, -0.15) is 9.61 Å². The average Bonchev–Trinajstić information content (AvgIpc) is 3.18. The number of sulfonamides is 1. The molecule has 0 spiro atoms. The van der Waals surface area contributed by atoms with Gasteiger partial charge in [-0.25, -0.2) is 17.2 Å². The summed E-state index contributed by atoms with van der Waals surface area (Å²) >= 11 is 0. The summed E-state index contributed by atoms with van der Waals surface area (Å²) in [6.07, 6.45) is 0. The second-order valence-corrected chi connectivity index (χ2v) is 8.58. The van der Waals surface area contributed by atoms with E-state index in [0.717, 1.165) is 12.1 Å². The van der Waals surface area contributed by atoms with Crippen molar-refractivity contribution < 1.29 is 26.7 Å². The average molecular weight is 461 g/mol. The zero-order valence-corrected chi connectivity index (χ0v) is 17.7. The Labute approximate surface area is 181 Å². The number of nitrogens with one attached hydrogen (secondary N) is 1. The molecule has 166 valence electrons. The molecule has 4 rings (SSSR count). The minimum absolute atomic E-state index is 0.122. The van der Waals surface area contributed by atoms with Gasteiger partial charge < -0.3 is 9.47 Å². The second kappa shape index (κ2) is 8.38. The van der Waals surface area contributed by atoms with Gasteiger partial charge in [-0.05, 0) is 49.4 Å². The second-order valence-electron chi connectivity index (χ2n) is 6.57. The maximum absolute atomic E-state index is 14.2. The quantitative estimate of drug-likeness (QED) is 0.448. The Morgan fingerprint density at radius 2 is 1.81 bits per heavy atom. The van der Waals surface area contributed by atoms with Crippen molar-refractivity contribution >= 4 is 21.4 Å². The maximum Gasteiger partial charge on any atom is 0.338 e. The van der Waals surface area contributed by atoms with E-state index in [-0.39, 0.29) is 28.9 Å². The molecule has 12 heteroatoms. The van der Waals surface area contributed by atoms with Gasteiger partial charge in [-0.15, -0.1) is 5.10 Å². The van der Waals surface area contributed by atoms with Gasteiger partial charge in [0.2, 0.25) is 10.0 Å². The summed E-state index contributed by atoms with van der Waals surface area (Å²) in [5.41, 5.74) is 1.35. The number of ether oxygens (including phenoxy) is 2.